The number of hydrogen-bond donors (Lipinski definition) is 0. The van der Waals surface area contributed by atoms with Crippen LogP contribution in [0.4, 0.5) is 0 Å². The minimum atomic E-state index is -1.70. The van der Waals surface area contributed by atoms with Crippen LogP contribution in [0, 0.1) is 0 Å². The predicted octanol–water partition coefficient (Wildman–Crippen LogP) is 4.85. The van der Waals surface area contributed by atoms with Gasteiger partial charge in [-0.15, -0.1) is 0 Å². The molecule has 2 rings (SSSR count). The molecule has 0 N–H and O–H groups in total. The van der Waals surface area contributed by atoms with Crippen LogP contribution in [0.5, 0.6) is 0 Å². The molecular weight excluding hydrogens is 306 g/mol. The third-order valence-corrected chi connectivity index (χ3v) is 9.11. The Labute approximate surface area is 119 Å². The van der Waals surface area contributed by atoms with Gasteiger partial charge in [-0.05, 0) is 58.5 Å². The summed E-state index contributed by atoms with van der Waals surface area (Å²) in [6.07, 6.45) is 4.24. The molecule has 0 unspecified atom stereocenters. The fourth-order valence-corrected chi connectivity index (χ4v) is 3.73. The van der Waals surface area contributed by atoms with Gasteiger partial charge in [0.2, 0.25) is 0 Å². The van der Waals surface area contributed by atoms with Crippen LogP contribution >= 0.6 is 15.9 Å². The smallest absolute Gasteiger partial charge is 0.192 e. The third-order valence-electron chi connectivity index (χ3n) is 4.19. The zero-order valence-corrected chi connectivity index (χ0v) is 14.5. The molecule has 0 amide bonds. The van der Waals surface area contributed by atoms with Gasteiger partial charge in [0.25, 0.3) is 0 Å². The Bertz CT molecular complexity index is 454. The summed E-state index contributed by atoms with van der Waals surface area (Å²) in [6, 6.07) is 2.18. The molecule has 1 aliphatic carbocycles. The van der Waals surface area contributed by atoms with Gasteiger partial charge in [0.05, 0.1) is 11.8 Å². The molecule has 1 atom stereocenters. The van der Waals surface area contributed by atoms with Crippen molar-refractivity contribution in [1.82, 2.24) is 4.98 Å². The number of nitrogens with zero attached hydrogens (tertiary/aromatic N) is 1. The van der Waals surface area contributed by atoms with Crippen molar-refractivity contribution in [3.63, 3.8) is 0 Å². The van der Waals surface area contributed by atoms with Gasteiger partial charge in [0.1, 0.15) is 0 Å². The molecule has 0 aliphatic heterocycles. The van der Waals surface area contributed by atoms with Gasteiger partial charge in [-0.25, -0.2) is 0 Å². The summed E-state index contributed by atoms with van der Waals surface area (Å²) in [7, 11) is -1.70. The van der Waals surface area contributed by atoms with Crippen LogP contribution in [0.2, 0.25) is 18.1 Å². The molecule has 1 aromatic heterocycles. The van der Waals surface area contributed by atoms with Crippen molar-refractivity contribution in [1.29, 1.82) is 0 Å². The highest BCUT2D eigenvalue weighted by molar-refractivity contribution is 9.10. The Balaban J connectivity index is 2.20. The quantitative estimate of drug-likeness (QED) is 0.724. The first-order chi connectivity index (χ1) is 8.21. The van der Waals surface area contributed by atoms with Crippen molar-refractivity contribution < 1.29 is 4.43 Å². The maximum atomic E-state index is 6.49. The summed E-state index contributed by atoms with van der Waals surface area (Å²) >= 11 is 3.48. The summed E-state index contributed by atoms with van der Waals surface area (Å²) in [4.78, 5) is 4.56. The fourth-order valence-electron chi connectivity index (χ4n) is 2.05. The number of rotatable bonds is 2. The topological polar surface area (TPSA) is 22.1 Å². The van der Waals surface area contributed by atoms with Gasteiger partial charge in [-0.1, -0.05) is 20.8 Å². The normalized spacial score (nSPS) is 20.0. The maximum Gasteiger partial charge on any atom is 0.192 e. The van der Waals surface area contributed by atoms with Gasteiger partial charge in [-0.3, -0.25) is 4.98 Å². The predicted molar refractivity (Wildman–Crippen MR) is 81.3 cm³/mol. The van der Waals surface area contributed by atoms with E-state index in [1.807, 2.05) is 6.20 Å². The molecule has 2 nitrogen and oxygen atoms in total. The average molecular weight is 328 g/mol. The van der Waals surface area contributed by atoms with Crippen LogP contribution in [0.25, 0.3) is 0 Å². The molecule has 0 saturated carbocycles. The van der Waals surface area contributed by atoms with Crippen LogP contribution in [0.3, 0.4) is 0 Å². The number of fused-ring (bicyclic) bond motifs is 1. The Morgan fingerprint density at radius 2 is 2.06 bits per heavy atom. The number of hydrogen-bond acceptors (Lipinski definition) is 2. The largest absolute Gasteiger partial charge is 0.408 e. The van der Waals surface area contributed by atoms with Gasteiger partial charge >= 0.3 is 0 Å². The minimum absolute atomic E-state index is 0.203. The Kier molecular flexibility index (Phi) is 3.73. The lowest BCUT2D eigenvalue weighted by Gasteiger charge is -2.38. The molecule has 4 heteroatoms. The fraction of sp³-hybridized carbons (Fsp3) is 0.643. The van der Waals surface area contributed by atoms with E-state index in [1.165, 1.54) is 5.56 Å². The molecule has 0 fully saturated rings. The second-order valence-corrected chi connectivity index (χ2v) is 12.3. The Morgan fingerprint density at radius 1 is 1.39 bits per heavy atom. The van der Waals surface area contributed by atoms with Crippen molar-refractivity contribution in [2.45, 2.75) is 57.8 Å². The lowest BCUT2D eigenvalue weighted by molar-refractivity contribution is 0.181. The second-order valence-electron chi connectivity index (χ2n) is 6.60. The van der Waals surface area contributed by atoms with E-state index < -0.39 is 8.32 Å². The highest BCUT2D eigenvalue weighted by atomic mass is 79.9. The van der Waals surface area contributed by atoms with Crippen LogP contribution in [0.1, 0.15) is 44.6 Å². The van der Waals surface area contributed by atoms with Crippen LogP contribution in [0.15, 0.2) is 16.7 Å². The molecule has 18 heavy (non-hydrogen) atoms. The van der Waals surface area contributed by atoms with Crippen LogP contribution in [-0.2, 0) is 10.8 Å². The van der Waals surface area contributed by atoms with Crippen molar-refractivity contribution in [2.24, 2.45) is 0 Å². The summed E-state index contributed by atoms with van der Waals surface area (Å²) in [6.45, 7) is 11.5. The van der Waals surface area contributed by atoms with E-state index in [0.717, 1.165) is 23.0 Å². The van der Waals surface area contributed by atoms with Crippen molar-refractivity contribution >= 4 is 24.2 Å². The zero-order chi connectivity index (χ0) is 13.6. The average Bonchev–Trinajstić information content (AvgIpc) is 2.58. The Morgan fingerprint density at radius 3 is 2.67 bits per heavy atom. The first-order valence-corrected chi connectivity index (χ1v) is 10.2. The first-order valence-electron chi connectivity index (χ1n) is 6.53. The maximum absolute atomic E-state index is 6.49. The molecule has 0 spiro atoms. The monoisotopic (exact) mass is 327 g/mol. The van der Waals surface area contributed by atoms with Gasteiger partial charge < -0.3 is 4.43 Å². The number of halogens is 1. The Hall–Kier alpha value is -0.193. The molecule has 100 valence electrons. The SMILES string of the molecule is CC(C)(C)[Si](C)(C)O[C@@H]1CCc2cc(Br)cnc21. The lowest BCUT2D eigenvalue weighted by Crippen LogP contribution is -2.41. The lowest BCUT2D eigenvalue weighted by atomic mass is 10.2. The van der Waals surface area contributed by atoms with Crippen LogP contribution in [-0.4, -0.2) is 13.3 Å². The van der Waals surface area contributed by atoms with Crippen molar-refractivity contribution in [3.05, 3.63) is 28.0 Å². The van der Waals surface area contributed by atoms with E-state index in [-0.39, 0.29) is 11.1 Å². The molecule has 1 aliphatic rings. The zero-order valence-electron chi connectivity index (χ0n) is 11.9. The second kappa shape index (κ2) is 4.73. The van der Waals surface area contributed by atoms with E-state index in [2.05, 4.69) is 60.8 Å². The molecule has 1 heterocycles. The minimum Gasteiger partial charge on any atom is -0.408 e. The van der Waals surface area contributed by atoms with Crippen molar-refractivity contribution in [3.8, 4) is 0 Å². The summed E-state index contributed by atoms with van der Waals surface area (Å²) in [5, 5.41) is 0.255. The molecule has 0 aromatic carbocycles. The number of pyridine rings is 1. The van der Waals surface area contributed by atoms with Gasteiger partial charge in [0, 0.05) is 10.7 Å². The number of aryl methyl sites for hydroxylation is 1. The molecule has 0 saturated heterocycles. The summed E-state index contributed by atoms with van der Waals surface area (Å²) < 4.78 is 7.55. The first kappa shape index (κ1) is 14.2. The van der Waals surface area contributed by atoms with E-state index >= 15 is 0 Å². The van der Waals surface area contributed by atoms with Crippen LogP contribution < -0.4 is 0 Å². The standard InChI is InChI=1S/C14H22BrNOSi/c1-14(2,3)18(4,5)17-12-7-6-10-8-11(15)9-16-13(10)12/h8-9,12H,6-7H2,1-5H3/t12-/m1/s1. The summed E-state index contributed by atoms with van der Waals surface area (Å²) in [5.41, 5.74) is 2.50. The molecule has 0 bridgehead atoms. The van der Waals surface area contributed by atoms with Crippen molar-refractivity contribution in [2.75, 3.05) is 0 Å². The van der Waals surface area contributed by atoms with Gasteiger partial charge in [-0.2, -0.15) is 0 Å². The van der Waals surface area contributed by atoms with E-state index in [0.29, 0.717) is 0 Å². The molecule has 0 radical (unpaired) electrons. The molecular formula is C14H22BrNOSi. The number of aromatic nitrogens is 1. The summed E-state index contributed by atoms with van der Waals surface area (Å²) in [5.74, 6) is 0. The van der Waals surface area contributed by atoms with E-state index in [4.69, 9.17) is 4.43 Å². The van der Waals surface area contributed by atoms with E-state index in [1.54, 1.807) is 0 Å². The van der Waals surface area contributed by atoms with Gasteiger partial charge in [0.15, 0.2) is 8.32 Å². The van der Waals surface area contributed by atoms with E-state index in [9.17, 15) is 0 Å². The third kappa shape index (κ3) is 2.70. The molecule has 1 aromatic rings. The highest BCUT2D eigenvalue weighted by Crippen LogP contribution is 2.43. The highest BCUT2D eigenvalue weighted by Gasteiger charge is 2.41.